The highest BCUT2D eigenvalue weighted by molar-refractivity contribution is 6.09. The van der Waals surface area contributed by atoms with E-state index in [4.69, 9.17) is 4.74 Å². The molecule has 1 amide bonds. The number of amides is 1. The van der Waals surface area contributed by atoms with Crippen molar-refractivity contribution in [1.82, 2.24) is 0 Å². The van der Waals surface area contributed by atoms with Crippen LogP contribution in [-0.4, -0.2) is 17.8 Å². The van der Waals surface area contributed by atoms with Gasteiger partial charge in [-0.25, -0.2) is 13.2 Å². The SMILES string of the molecule is C[C@H](Oc1ccc(C(=O)c2ccccc2)cc1)C(=O)Nc1ccc(F)c(F)c1F. The van der Waals surface area contributed by atoms with E-state index in [2.05, 4.69) is 5.32 Å². The van der Waals surface area contributed by atoms with Gasteiger partial charge in [0, 0.05) is 11.1 Å². The lowest BCUT2D eigenvalue weighted by Crippen LogP contribution is -2.30. The Morgan fingerprint density at radius 2 is 1.45 bits per heavy atom. The van der Waals surface area contributed by atoms with Crippen LogP contribution < -0.4 is 10.1 Å². The summed E-state index contributed by atoms with van der Waals surface area (Å²) in [5.74, 6) is -5.11. The normalized spacial score (nSPS) is 11.6. The van der Waals surface area contributed by atoms with E-state index in [9.17, 15) is 22.8 Å². The first-order valence-electron chi connectivity index (χ1n) is 8.67. The Morgan fingerprint density at radius 1 is 0.828 bits per heavy atom. The molecule has 0 unspecified atom stereocenters. The van der Waals surface area contributed by atoms with Crippen molar-refractivity contribution in [1.29, 1.82) is 0 Å². The Bertz CT molecular complexity index is 1040. The molecule has 0 aromatic heterocycles. The van der Waals surface area contributed by atoms with E-state index >= 15 is 0 Å². The molecule has 0 bridgehead atoms. The maximum atomic E-state index is 13.7. The minimum atomic E-state index is -1.67. The molecule has 4 nitrogen and oxygen atoms in total. The molecule has 0 aliphatic rings. The van der Waals surface area contributed by atoms with Crippen LogP contribution in [0.4, 0.5) is 18.9 Å². The van der Waals surface area contributed by atoms with Gasteiger partial charge in [-0.2, -0.15) is 0 Å². The summed E-state index contributed by atoms with van der Waals surface area (Å²) in [7, 11) is 0. The molecule has 0 fully saturated rings. The topological polar surface area (TPSA) is 55.4 Å². The monoisotopic (exact) mass is 399 g/mol. The Labute approximate surface area is 164 Å². The molecule has 3 aromatic rings. The van der Waals surface area contributed by atoms with Crippen molar-refractivity contribution < 1.29 is 27.5 Å². The van der Waals surface area contributed by atoms with Crippen molar-refractivity contribution in [3.05, 3.63) is 95.3 Å². The van der Waals surface area contributed by atoms with Crippen LogP contribution in [0.15, 0.2) is 66.7 Å². The Kier molecular flexibility index (Phi) is 5.97. The summed E-state index contributed by atoms with van der Waals surface area (Å²) in [6, 6.07) is 16.6. The highest BCUT2D eigenvalue weighted by Gasteiger charge is 2.20. The number of benzene rings is 3. The van der Waals surface area contributed by atoms with Crippen LogP contribution in [0.2, 0.25) is 0 Å². The van der Waals surface area contributed by atoms with Crippen molar-refractivity contribution in [2.24, 2.45) is 0 Å². The van der Waals surface area contributed by atoms with Crippen LogP contribution in [0.25, 0.3) is 0 Å². The number of ether oxygens (including phenoxy) is 1. The third kappa shape index (κ3) is 4.63. The smallest absolute Gasteiger partial charge is 0.265 e. The summed E-state index contributed by atoms with van der Waals surface area (Å²) in [6.45, 7) is 1.41. The van der Waals surface area contributed by atoms with E-state index in [1.54, 1.807) is 36.4 Å². The number of anilines is 1. The number of ketones is 1. The van der Waals surface area contributed by atoms with Crippen LogP contribution >= 0.6 is 0 Å². The molecule has 7 heteroatoms. The van der Waals surface area contributed by atoms with Gasteiger partial charge in [0.05, 0.1) is 5.69 Å². The molecule has 0 radical (unpaired) electrons. The van der Waals surface area contributed by atoms with E-state index in [0.29, 0.717) is 22.9 Å². The molecule has 0 heterocycles. The molecule has 29 heavy (non-hydrogen) atoms. The van der Waals surface area contributed by atoms with E-state index in [1.165, 1.54) is 19.1 Å². The van der Waals surface area contributed by atoms with Crippen LogP contribution in [0.3, 0.4) is 0 Å². The van der Waals surface area contributed by atoms with Crippen LogP contribution in [0, 0.1) is 17.5 Å². The molecule has 0 saturated heterocycles. The third-order valence-corrected chi connectivity index (χ3v) is 4.13. The van der Waals surface area contributed by atoms with E-state index in [1.807, 2.05) is 6.07 Å². The first kappa shape index (κ1) is 20.1. The van der Waals surface area contributed by atoms with Gasteiger partial charge in [-0.3, -0.25) is 9.59 Å². The van der Waals surface area contributed by atoms with E-state index in [-0.39, 0.29) is 5.78 Å². The maximum absolute atomic E-state index is 13.7. The first-order chi connectivity index (χ1) is 13.9. The number of carbonyl (C=O) groups excluding carboxylic acids is 2. The molecule has 0 spiro atoms. The van der Waals surface area contributed by atoms with Gasteiger partial charge in [0.1, 0.15) is 5.75 Å². The highest BCUT2D eigenvalue weighted by atomic mass is 19.2. The van der Waals surface area contributed by atoms with Gasteiger partial charge in [0.25, 0.3) is 5.91 Å². The average Bonchev–Trinajstić information content (AvgIpc) is 2.74. The van der Waals surface area contributed by atoms with Gasteiger partial charge >= 0.3 is 0 Å². The van der Waals surface area contributed by atoms with Gasteiger partial charge in [-0.05, 0) is 43.3 Å². The second-order valence-corrected chi connectivity index (χ2v) is 6.19. The van der Waals surface area contributed by atoms with E-state index < -0.39 is 35.2 Å². The number of rotatable bonds is 6. The standard InChI is InChI=1S/C22H16F3NO3/c1-13(22(28)26-18-12-11-17(23)19(24)20(18)25)29-16-9-7-15(8-10-16)21(27)14-5-3-2-4-6-14/h2-13H,1H3,(H,26,28)/t13-/m0/s1. The summed E-state index contributed by atoms with van der Waals surface area (Å²) in [5.41, 5.74) is 0.500. The predicted molar refractivity (Wildman–Crippen MR) is 101 cm³/mol. The molecule has 1 N–H and O–H groups in total. The fourth-order valence-corrected chi connectivity index (χ4v) is 2.56. The van der Waals surface area contributed by atoms with Gasteiger partial charge in [-0.1, -0.05) is 30.3 Å². The number of halogens is 3. The lowest BCUT2D eigenvalue weighted by molar-refractivity contribution is -0.122. The molecular weight excluding hydrogens is 383 g/mol. The lowest BCUT2D eigenvalue weighted by atomic mass is 10.0. The van der Waals surface area contributed by atoms with Gasteiger partial charge < -0.3 is 10.1 Å². The molecule has 0 saturated carbocycles. The van der Waals surface area contributed by atoms with Gasteiger partial charge in [0.15, 0.2) is 29.3 Å². The zero-order valence-corrected chi connectivity index (χ0v) is 15.3. The average molecular weight is 399 g/mol. The second kappa shape index (κ2) is 8.60. The molecule has 148 valence electrons. The van der Waals surface area contributed by atoms with Crippen molar-refractivity contribution in [3.63, 3.8) is 0 Å². The minimum absolute atomic E-state index is 0.156. The van der Waals surface area contributed by atoms with Crippen LogP contribution in [0.5, 0.6) is 5.75 Å². The quantitative estimate of drug-likeness (QED) is 0.481. The first-order valence-corrected chi connectivity index (χ1v) is 8.67. The number of hydrogen-bond donors (Lipinski definition) is 1. The Morgan fingerprint density at radius 3 is 2.10 bits per heavy atom. The molecule has 0 aliphatic carbocycles. The van der Waals surface area contributed by atoms with Gasteiger partial charge in [-0.15, -0.1) is 0 Å². The molecule has 1 atom stereocenters. The maximum Gasteiger partial charge on any atom is 0.265 e. The fourth-order valence-electron chi connectivity index (χ4n) is 2.56. The summed E-state index contributed by atoms with van der Waals surface area (Å²) in [5, 5.41) is 2.15. The number of carbonyl (C=O) groups is 2. The third-order valence-electron chi connectivity index (χ3n) is 4.13. The van der Waals surface area contributed by atoms with Crippen molar-refractivity contribution in [2.75, 3.05) is 5.32 Å². The Balaban J connectivity index is 1.64. The largest absolute Gasteiger partial charge is 0.481 e. The zero-order chi connectivity index (χ0) is 21.0. The van der Waals surface area contributed by atoms with E-state index in [0.717, 1.165) is 6.07 Å². The van der Waals surface area contributed by atoms with Crippen molar-refractivity contribution in [3.8, 4) is 5.75 Å². The summed E-state index contributed by atoms with van der Waals surface area (Å²) < 4.78 is 45.4. The summed E-state index contributed by atoms with van der Waals surface area (Å²) in [4.78, 5) is 24.5. The molecule has 0 aliphatic heterocycles. The summed E-state index contributed by atoms with van der Waals surface area (Å²) >= 11 is 0. The van der Waals surface area contributed by atoms with Crippen LogP contribution in [-0.2, 0) is 4.79 Å². The van der Waals surface area contributed by atoms with Gasteiger partial charge in [0.2, 0.25) is 0 Å². The Hall–Kier alpha value is -3.61. The summed E-state index contributed by atoms with van der Waals surface area (Å²) in [6.07, 6.45) is -1.06. The molecule has 3 rings (SSSR count). The minimum Gasteiger partial charge on any atom is -0.481 e. The molecule has 3 aromatic carbocycles. The van der Waals surface area contributed by atoms with Crippen molar-refractivity contribution >= 4 is 17.4 Å². The number of hydrogen-bond acceptors (Lipinski definition) is 3. The molecular formula is C22H16F3NO3. The number of nitrogens with one attached hydrogen (secondary N) is 1. The zero-order valence-electron chi connectivity index (χ0n) is 15.3. The predicted octanol–water partition coefficient (Wildman–Crippen LogP) is 4.74. The fraction of sp³-hybridized carbons (Fsp3) is 0.0909. The second-order valence-electron chi connectivity index (χ2n) is 6.19. The highest BCUT2D eigenvalue weighted by Crippen LogP contribution is 2.21. The lowest BCUT2D eigenvalue weighted by Gasteiger charge is -2.15. The van der Waals surface area contributed by atoms with Crippen LogP contribution in [0.1, 0.15) is 22.8 Å². The van der Waals surface area contributed by atoms with Crippen molar-refractivity contribution in [2.45, 2.75) is 13.0 Å².